The number of amides is 1. The molecular weight excluding hydrogens is 424 g/mol. The summed E-state index contributed by atoms with van der Waals surface area (Å²) in [5.74, 6) is 0.371. The van der Waals surface area contributed by atoms with Crippen molar-refractivity contribution in [2.45, 2.75) is 37.5 Å². The second kappa shape index (κ2) is 9.37. The van der Waals surface area contributed by atoms with Gasteiger partial charge in [0.05, 0.1) is 7.11 Å². The normalized spacial score (nSPS) is 15.9. The third-order valence-corrected chi connectivity index (χ3v) is 7.57. The van der Waals surface area contributed by atoms with Gasteiger partial charge in [0, 0.05) is 29.7 Å². The number of hydrogen-bond donors (Lipinski definition) is 1. The third kappa shape index (κ3) is 4.96. The van der Waals surface area contributed by atoms with Gasteiger partial charge in [0.25, 0.3) is 0 Å². The zero-order valence-corrected chi connectivity index (χ0v) is 19.0. The third-order valence-electron chi connectivity index (χ3n) is 5.41. The second-order valence-electron chi connectivity index (χ2n) is 7.74. The van der Waals surface area contributed by atoms with Crippen LogP contribution in [0.4, 0.5) is 5.69 Å². The highest BCUT2D eigenvalue weighted by molar-refractivity contribution is 7.89. The summed E-state index contributed by atoms with van der Waals surface area (Å²) >= 11 is 6.00. The van der Waals surface area contributed by atoms with Crippen LogP contribution >= 0.6 is 11.6 Å². The van der Waals surface area contributed by atoms with Gasteiger partial charge in [-0.15, -0.1) is 0 Å². The van der Waals surface area contributed by atoms with Gasteiger partial charge in [-0.1, -0.05) is 37.6 Å². The van der Waals surface area contributed by atoms with E-state index in [9.17, 15) is 13.2 Å². The highest BCUT2D eigenvalue weighted by Crippen LogP contribution is 2.32. The molecule has 162 valence electrons. The van der Waals surface area contributed by atoms with E-state index in [-0.39, 0.29) is 35.6 Å². The van der Waals surface area contributed by atoms with Crippen LogP contribution in [-0.4, -0.2) is 38.8 Å². The van der Waals surface area contributed by atoms with Gasteiger partial charge in [-0.05, 0) is 54.7 Å². The Bertz CT molecular complexity index is 998. The first-order valence-corrected chi connectivity index (χ1v) is 11.8. The van der Waals surface area contributed by atoms with Crippen LogP contribution in [0.3, 0.4) is 0 Å². The van der Waals surface area contributed by atoms with Crippen LogP contribution in [-0.2, 0) is 14.8 Å². The molecule has 0 aliphatic carbocycles. The van der Waals surface area contributed by atoms with Crippen LogP contribution in [0, 0.1) is 5.92 Å². The minimum atomic E-state index is -3.76. The van der Waals surface area contributed by atoms with Crippen LogP contribution in [0.5, 0.6) is 5.75 Å². The van der Waals surface area contributed by atoms with Crippen molar-refractivity contribution in [2.75, 3.05) is 25.5 Å². The molecule has 0 atom stereocenters. The van der Waals surface area contributed by atoms with Crippen LogP contribution in [0.2, 0.25) is 5.02 Å². The molecule has 0 bridgehead atoms. The number of nitrogens with zero attached hydrogens (tertiary/aromatic N) is 1. The number of ether oxygens (including phenoxy) is 1. The Balaban J connectivity index is 1.64. The number of methoxy groups -OCH3 is 1. The summed E-state index contributed by atoms with van der Waals surface area (Å²) in [5, 5.41) is 3.27. The summed E-state index contributed by atoms with van der Waals surface area (Å²) in [6.07, 6.45) is 0.913. The van der Waals surface area contributed by atoms with Crippen molar-refractivity contribution < 1.29 is 17.9 Å². The average molecular weight is 451 g/mol. The number of sulfonamides is 1. The van der Waals surface area contributed by atoms with Crippen molar-refractivity contribution in [3.8, 4) is 5.75 Å². The molecule has 1 fully saturated rings. The molecule has 1 aliphatic heterocycles. The van der Waals surface area contributed by atoms with E-state index in [2.05, 4.69) is 19.2 Å². The smallest absolute Gasteiger partial charge is 0.246 e. The number of carbonyl (C=O) groups excluding carboxylic acids is 1. The van der Waals surface area contributed by atoms with E-state index in [4.69, 9.17) is 16.3 Å². The number of hydrogen-bond acceptors (Lipinski definition) is 4. The Hall–Kier alpha value is -2.09. The largest absolute Gasteiger partial charge is 0.495 e. The minimum absolute atomic E-state index is 0.0469. The van der Waals surface area contributed by atoms with E-state index in [1.807, 2.05) is 24.3 Å². The predicted molar refractivity (Wildman–Crippen MR) is 119 cm³/mol. The summed E-state index contributed by atoms with van der Waals surface area (Å²) in [5.41, 5.74) is 1.96. The molecule has 2 aromatic rings. The lowest BCUT2D eigenvalue weighted by atomic mass is 9.97. The van der Waals surface area contributed by atoms with Crippen molar-refractivity contribution in [1.82, 2.24) is 4.31 Å². The standard InChI is InChI=1S/C22H27ClN2O4S/c1-15(2)16-4-7-19(8-5-16)24-22(26)17-10-12-25(13-11-17)30(27,28)21-14-18(23)6-9-20(21)29-3/h4-9,14-15,17H,10-13H2,1-3H3,(H,24,26). The van der Waals surface area contributed by atoms with Crippen LogP contribution < -0.4 is 10.1 Å². The van der Waals surface area contributed by atoms with Gasteiger partial charge in [-0.3, -0.25) is 4.79 Å². The van der Waals surface area contributed by atoms with Crippen LogP contribution in [0.1, 0.15) is 38.2 Å². The Kier molecular flexibility index (Phi) is 7.06. The summed E-state index contributed by atoms with van der Waals surface area (Å²) < 4.78 is 32.7. The topological polar surface area (TPSA) is 75.7 Å². The van der Waals surface area contributed by atoms with E-state index in [0.29, 0.717) is 23.8 Å². The van der Waals surface area contributed by atoms with Crippen LogP contribution in [0.15, 0.2) is 47.4 Å². The molecule has 1 saturated heterocycles. The van der Waals surface area contributed by atoms with Gasteiger partial charge < -0.3 is 10.1 Å². The first-order chi connectivity index (χ1) is 14.2. The van der Waals surface area contributed by atoms with Crippen LogP contribution in [0.25, 0.3) is 0 Å². The zero-order valence-electron chi connectivity index (χ0n) is 17.4. The lowest BCUT2D eigenvalue weighted by Crippen LogP contribution is -2.41. The first-order valence-electron chi connectivity index (χ1n) is 9.97. The van der Waals surface area contributed by atoms with Crippen molar-refractivity contribution in [1.29, 1.82) is 0 Å². The first kappa shape index (κ1) is 22.6. The molecule has 2 aromatic carbocycles. The molecule has 1 heterocycles. The SMILES string of the molecule is COc1ccc(Cl)cc1S(=O)(=O)N1CCC(C(=O)Nc2ccc(C(C)C)cc2)CC1. The van der Waals surface area contributed by atoms with Crippen molar-refractivity contribution in [2.24, 2.45) is 5.92 Å². The molecule has 0 unspecified atom stereocenters. The molecule has 1 amide bonds. The second-order valence-corrected chi connectivity index (χ2v) is 10.1. The van der Waals surface area contributed by atoms with Crippen molar-refractivity contribution >= 4 is 33.2 Å². The highest BCUT2D eigenvalue weighted by atomic mass is 35.5. The molecule has 0 spiro atoms. The Morgan fingerprint density at radius 3 is 2.33 bits per heavy atom. The van der Waals surface area contributed by atoms with Gasteiger partial charge in [0.15, 0.2) is 0 Å². The number of halogens is 1. The van der Waals surface area contributed by atoms with E-state index >= 15 is 0 Å². The Morgan fingerprint density at radius 1 is 1.13 bits per heavy atom. The van der Waals surface area contributed by atoms with E-state index < -0.39 is 10.0 Å². The summed E-state index contributed by atoms with van der Waals surface area (Å²) in [6.45, 7) is 4.77. The number of piperidine rings is 1. The molecule has 3 rings (SSSR count). The Labute approximate surface area is 183 Å². The number of nitrogens with one attached hydrogen (secondary N) is 1. The molecule has 0 aromatic heterocycles. The van der Waals surface area contributed by atoms with Crippen molar-refractivity contribution in [3.05, 3.63) is 53.1 Å². The minimum Gasteiger partial charge on any atom is -0.495 e. The maximum atomic E-state index is 13.1. The molecule has 8 heteroatoms. The summed E-state index contributed by atoms with van der Waals surface area (Å²) in [7, 11) is -2.33. The van der Waals surface area contributed by atoms with Gasteiger partial charge in [0.1, 0.15) is 10.6 Å². The van der Waals surface area contributed by atoms with Crippen molar-refractivity contribution in [3.63, 3.8) is 0 Å². The molecular formula is C22H27ClN2O4S. The molecule has 0 radical (unpaired) electrons. The lowest BCUT2D eigenvalue weighted by molar-refractivity contribution is -0.120. The number of carbonyl (C=O) groups is 1. The number of rotatable bonds is 6. The Morgan fingerprint density at radius 2 is 1.77 bits per heavy atom. The average Bonchev–Trinajstić information content (AvgIpc) is 2.74. The number of benzene rings is 2. The fourth-order valence-electron chi connectivity index (χ4n) is 3.55. The van der Waals surface area contributed by atoms with Gasteiger partial charge in [-0.2, -0.15) is 4.31 Å². The summed E-state index contributed by atoms with van der Waals surface area (Å²) in [4.78, 5) is 12.7. The van der Waals surface area contributed by atoms with Gasteiger partial charge in [-0.25, -0.2) is 8.42 Å². The summed E-state index contributed by atoms with van der Waals surface area (Å²) in [6, 6.07) is 12.3. The zero-order chi connectivity index (χ0) is 21.9. The fraction of sp³-hybridized carbons (Fsp3) is 0.409. The fourth-order valence-corrected chi connectivity index (χ4v) is 5.43. The quantitative estimate of drug-likeness (QED) is 0.702. The van der Waals surface area contributed by atoms with Gasteiger partial charge >= 0.3 is 0 Å². The maximum absolute atomic E-state index is 13.1. The molecule has 1 N–H and O–H groups in total. The monoisotopic (exact) mass is 450 g/mol. The number of anilines is 1. The lowest BCUT2D eigenvalue weighted by Gasteiger charge is -2.31. The van der Waals surface area contributed by atoms with Gasteiger partial charge in [0.2, 0.25) is 15.9 Å². The molecule has 1 aliphatic rings. The predicted octanol–water partition coefficient (Wildman–Crippen LogP) is 4.51. The molecule has 6 nitrogen and oxygen atoms in total. The van der Waals surface area contributed by atoms with E-state index in [1.165, 1.54) is 23.0 Å². The van der Waals surface area contributed by atoms with E-state index in [1.54, 1.807) is 12.1 Å². The molecule has 30 heavy (non-hydrogen) atoms. The maximum Gasteiger partial charge on any atom is 0.246 e. The molecule has 0 saturated carbocycles. The van der Waals surface area contributed by atoms with E-state index in [0.717, 1.165) is 5.69 Å². The highest BCUT2D eigenvalue weighted by Gasteiger charge is 2.33.